The van der Waals surface area contributed by atoms with Gasteiger partial charge in [-0.2, -0.15) is 11.8 Å². The Labute approximate surface area is 121 Å². The van der Waals surface area contributed by atoms with Gasteiger partial charge in [-0.05, 0) is 24.5 Å². The Hall–Kier alpha value is -1.83. The molecule has 0 aliphatic heterocycles. The summed E-state index contributed by atoms with van der Waals surface area (Å²) in [6.45, 7) is 0.00701. The molecule has 0 aliphatic carbocycles. The number of amides is 1. The third-order valence-electron chi connectivity index (χ3n) is 2.52. The number of rotatable bonds is 8. The van der Waals surface area contributed by atoms with Gasteiger partial charge in [0, 0.05) is 19.4 Å². The van der Waals surface area contributed by atoms with Gasteiger partial charge in [0.2, 0.25) is 11.9 Å². The predicted molar refractivity (Wildman–Crippen MR) is 77.9 cm³/mol. The molecule has 0 saturated heterocycles. The summed E-state index contributed by atoms with van der Waals surface area (Å²) in [4.78, 5) is 32.4. The number of aromatic nitrogens is 2. The Balaban J connectivity index is 2.51. The van der Waals surface area contributed by atoms with E-state index in [0.717, 1.165) is 0 Å². The van der Waals surface area contributed by atoms with E-state index in [4.69, 9.17) is 5.11 Å². The summed E-state index contributed by atoms with van der Waals surface area (Å²) in [5.74, 6) is -0.298. The van der Waals surface area contributed by atoms with Crippen molar-refractivity contribution in [3.8, 4) is 0 Å². The largest absolute Gasteiger partial charge is 0.480 e. The fourth-order valence-corrected chi connectivity index (χ4v) is 1.98. The SMILES string of the molecule is CSCCC(NC(=O)CN(C)c1ncccn1)C(=O)O. The molecule has 1 atom stereocenters. The van der Waals surface area contributed by atoms with Crippen molar-refractivity contribution in [2.45, 2.75) is 12.5 Å². The first-order valence-electron chi connectivity index (χ1n) is 6.04. The second kappa shape index (κ2) is 8.36. The van der Waals surface area contributed by atoms with Crippen molar-refractivity contribution in [3.63, 3.8) is 0 Å². The second-order valence-corrected chi connectivity index (χ2v) is 5.13. The minimum absolute atomic E-state index is 0.00701. The van der Waals surface area contributed by atoms with Crippen LogP contribution in [0.15, 0.2) is 18.5 Å². The maximum atomic E-state index is 11.8. The van der Waals surface area contributed by atoms with Crippen molar-refractivity contribution in [1.29, 1.82) is 0 Å². The van der Waals surface area contributed by atoms with Crippen molar-refractivity contribution in [3.05, 3.63) is 18.5 Å². The molecule has 0 saturated carbocycles. The molecule has 0 aliphatic rings. The molecule has 1 heterocycles. The number of carboxylic acids is 1. The monoisotopic (exact) mass is 298 g/mol. The molecular weight excluding hydrogens is 280 g/mol. The third kappa shape index (κ3) is 5.43. The number of carboxylic acid groups (broad SMARTS) is 1. The van der Waals surface area contributed by atoms with Crippen LogP contribution in [0.1, 0.15) is 6.42 Å². The smallest absolute Gasteiger partial charge is 0.326 e. The lowest BCUT2D eigenvalue weighted by Gasteiger charge is -2.18. The highest BCUT2D eigenvalue weighted by atomic mass is 32.2. The fraction of sp³-hybridized carbons (Fsp3) is 0.500. The quantitative estimate of drug-likeness (QED) is 0.709. The summed E-state index contributed by atoms with van der Waals surface area (Å²) >= 11 is 1.54. The number of nitrogens with zero attached hydrogens (tertiary/aromatic N) is 3. The van der Waals surface area contributed by atoms with E-state index in [1.165, 1.54) is 0 Å². The number of hydrogen-bond acceptors (Lipinski definition) is 6. The molecule has 1 amide bonds. The Morgan fingerprint density at radius 1 is 1.45 bits per heavy atom. The molecule has 0 spiro atoms. The molecule has 1 aromatic rings. The van der Waals surface area contributed by atoms with Crippen LogP contribution in [0.3, 0.4) is 0 Å². The number of thioether (sulfide) groups is 1. The van der Waals surface area contributed by atoms with Crippen LogP contribution in [0.25, 0.3) is 0 Å². The zero-order valence-electron chi connectivity index (χ0n) is 11.4. The Bertz CT molecular complexity index is 444. The molecule has 0 aromatic carbocycles. The molecule has 0 fully saturated rings. The van der Waals surface area contributed by atoms with Gasteiger partial charge in [0.15, 0.2) is 0 Å². The van der Waals surface area contributed by atoms with Crippen LogP contribution < -0.4 is 10.2 Å². The highest BCUT2D eigenvalue weighted by Crippen LogP contribution is 2.03. The van der Waals surface area contributed by atoms with Gasteiger partial charge in [-0.3, -0.25) is 4.79 Å². The Morgan fingerprint density at radius 2 is 2.10 bits per heavy atom. The van der Waals surface area contributed by atoms with E-state index in [9.17, 15) is 9.59 Å². The van der Waals surface area contributed by atoms with Gasteiger partial charge in [-0.15, -0.1) is 0 Å². The molecule has 20 heavy (non-hydrogen) atoms. The van der Waals surface area contributed by atoms with Crippen molar-refractivity contribution in [2.24, 2.45) is 0 Å². The minimum Gasteiger partial charge on any atom is -0.480 e. The van der Waals surface area contributed by atoms with Gasteiger partial charge in [0.05, 0.1) is 6.54 Å². The van der Waals surface area contributed by atoms with Gasteiger partial charge >= 0.3 is 5.97 Å². The number of aliphatic carboxylic acids is 1. The lowest BCUT2D eigenvalue weighted by Crippen LogP contribution is -2.45. The fourth-order valence-electron chi connectivity index (χ4n) is 1.51. The first-order chi connectivity index (χ1) is 9.54. The number of likely N-dealkylation sites (N-methyl/N-ethyl adjacent to an activating group) is 1. The second-order valence-electron chi connectivity index (χ2n) is 4.14. The van der Waals surface area contributed by atoms with E-state index in [1.807, 2.05) is 6.26 Å². The molecule has 110 valence electrons. The normalized spacial score (nSPS) is 11.7. The summed E-state index contributed by atoms with van der Waals surface area (Å²) in [5.41, 5.74) is 0. The standard InChI is InChI=1S/C12H18N4O3S/c1-16(12-13-5-3-6-14-12)8-10(17)15-9(11(18)19)4-7-20-2/h3,5-6,9H,4,7-8H2,1-2H3,(H,15,17)(H,18,19). The molecule has 0 radical (unpaired) electrons. The number of carbonyl (C=O) groups is 2. The van der Waals surface area contributed by atoms with Crippen LogP contribution in [-0.4, -0.2) is 58.6 Å². The Kier molecular flexibility index (Phi) is 6.78. The summed E-state index contributed by atoms with van der Waals surface area (Å²) in [6, 6.07) is 0.820. The molecule has 7 nitrogen and oxygen atoms in total. The first kappa shape index (κ1) is 16.2. The number of nitrogens with one attached hydrogen (secondary N) is 1. The average Bonchev–Trinajstić information content (AvgIpc) is 2.44. The van der Waals surface area contributed by atoms with Crippen LogP contribution in [0.4, 0.5) is 5.95 Å². The lowest BCUT2D eigenvalue weighted by atomic mass is 10.2. The van der Waals surface area contributed by atoms with Crippen molar-refractivity contribution < 1.29 is 14.7 Å². The van der Waals surface area contributed by atoms with Crippen molar-refractivity contribution >= 4 is 29.6 Å². The van der Waals surface area contributed by atoms with Gasteiger partial charge in [-0.1, -0.05) is 0 Å². The zero-order valence-corrected chi connectivity index (χ0v) is 12.3. The first-order valence-corrected chi connectivity index (χ1v) is 7.43. The van der Waals surface area contributed by atoms with Gasteiger partial charge in [0.1, 0.15) is 6.04 Å². The number of hydrogen-bond donors (Lipinski definition) is 2. The highest BCUT2D eigenvalue weighted by Gasteiger charge is 2.20. The van der Waals surface area contributed by atoms with E-state index in [1.54, 1.807) is 42.2 Å². The van der Waals surface area contributed by atoms with Gasteiger partial charge in [0.25, 0.3) is 0 Å². The van der Waals surface area contributed by atoms with Crippen molar-refractivity contribution in [1.82, 2.24) is 15.3 Å². The molecular formula is C12H18N4O3S. The van der Waals surface area contributed by atoms with Crippen LogP contribution in [0.5, 0.6) is 0 Å². The predicted octanol–water partition coefficient (Wildman–Crippen LogP) is 0.235. The third-order valence-corrected chi connectivity index (χ3v) is 3.16. The van der Waals surface area contributed by atoms with Crippen LogP contribution in [0, 0.1) is 0 Å². The maximum Gasteiger partial charge on any atom is 0.326 e. The van der Waals surface area contributed by atoms with Gasteiger partial charge in [-0.25, -0.2) is 14.8 Å². The summed E-state index contributed by atoms with van der Waals surface area (Å²) < 4.78 is 0. The van der Waals surface area contributed by atoms with E-state index in [0.29, 0.717) is 18.1 Å². The van der Waals surface area contributed by atoms with Crippen molar-refractivity contribution in [2.75, 3.05) is 30.5 Å². The summed E-state index contributed by atoms with van der Waals surface area (Å²) in [5, 5.41) is 11.5. The average molecular weight is 298 g/mol. The van der Waals surface area contributed by atoms with Crippen LogP contribution in [0.2, 0.25) is 0 Å². The van der Waals surface area contributed by atoms with E-state index >= 15 is 0 Å². The highest BCUT2D eigenvalue weighted by molar-refractivity contribution is 7.98. The zero-order chi connectivity index (χ0) is 15.0. The molecule has 1 aromatic heterocycles. The topological polar surface area (TPSA) is 95.4 Å². The molecule has 2 N–H and O–H groups in total. The Morgan fingerprint density at radius 3 is 2.65 bits per heavy atom. The van der Waals surface area contributed by atoms with E-state index < -0.39 is 12.0 Å². The summed E-state index contributed by atoms with van der Waals surface area (Å²) in [6.07, 6.45) is 5.44. The van der Waals surface area contributed by atoms with E-state index in [-0.39, 0.29) is 12.5 Å². The van der Waals surface area contributed by atoms with Crippen LogP contribution >= 0.6 is 11.8 Å². The lowest BCUT2D eigenvalue weighted by molar-refractivity contribution is -0.141. The summed E-state index contributed by atoms with van der Waals surface area (Å²) in [7, 11) is 1.67. The van der Waals surface area contributed by atoms with Crippen LogP contribution in [-0.2, 0) is 9.59 Å². The minimum atomic E-state index is -1.02. The molecule has 8 heteroatoms. The van der Waals surface area contributed by atoms with Gasteiger partial charge < -0.3 is 15.3 Å². The molecule has 1 rings (SSSR count). The van der Waals surface area contributed by atoms with E-state index in [2.05, 4.69) is 15.3 Å². The number of anilines is 1. The molecule has 0 bridgehead atoms. The maximum absolute atomic E-state index is 11.8. The molecule has 1 unspecified atom stereocenters. The number of carbonyl (C=O) groups excluding carboxylic acids is 1.